The van der Waals surface area contributed by atoms with E-state index in [1.807, 2.05) is 43.3 Å². The maximum Gasteiger partial charge on any atom is 0.258 e. The van der Waals surface area contributed by atoms with Gasteiger partial charge in [0.1, 0.15) is 5.25 Å². The molecule has 0 aromatic heterocycles. The van der Waals surface area contributed by atoms with Crippen LogP contribution in [0.2, 0.25) is 0 Å². The summed E-state index contributed by atoms with van der Waals surface area (Å²) in [7, 11) is -3.91. The Morgan fingerprint density at radius 1 is 1.18 bits per heavy atom. The highest BCUT2D eigenvalue weighted by atomic mass is 32.2. The molecule has 146 valence electrons. The molecule has 1 heterocycles. The third-order valence-electron chi connectivity index (χ3n) is 4.09. The van der Waals surface area contributed by atoms with Gasteiger partial charge in [-0.3, -0.25) is 4.79 Å². The Morgan fingerprint density at radius 2 is 1.75 bits per heavy atom. The van der Waals surface area contributed by atoms with Gasteiger partial charge < -0.3 is 0 Å². The van der Waals surface area contributed by atoms with E-state index in [4.69, 9.17) is 12.2 Å². The average Bonchev–Trinajstić information content (AvgIpc) is 2.96. The van der Waals surface area contributed by atoms with Crippen molar-refractivity contribution in [3.8, 4) is 0 Å². The smallest absolute Gasteiger partial charge is 0.258 e. The molecule has 0 saturated carbocycles. The van der Waals surface area contributed by atoms with Gasteiger partial charge in [0, 0.05) is 5.25 Å². The first-order valence-corrected chi connectivity index (χ1v) is 11.6. The van der Waals surface area contributed by atoms with Crippen molar-refractivity contribution in [2.75, 3.05) is 0 Å². The van der Waals surface area contributed by atoms with Crippen molar-refractivity contribution in [3.63, 3.8) is 0 Å². The summed E-state index contributed by atoms with van der Waals surface area (Å²) in [5.41, 5.74) is 1.88. The van der Waals surface area contributed by atoms with Crippen LogP contribution in [0.25, 0.3) is 6.08 Å². The van der Waals surface area contributed by atoms with Crippen LogP contribution < -0.4 is 4.83 Å². The van der Waals surface area contributed by atoms with Gasteiger partial charge in [-0.1, -0.05) is 84.2 Å². The van der Waals surface area contributed by atoms with E-state index < -0.39 is 26.4 Å². The molecular weight excluding hydrogens is 432 g/mol. The summed E-state index contributed by atoms with van der Waals surface area (Å²) < 4.78 is 25.2. The molecule has 1 aliphatic heterocycles. The Kier molecular flexibility index (Phi) is 6.61. The molecule has 2 atom stereocenters. The zero-order valence-electron chi connectivity index (χ0n) is 14.8. The van der Waals surface area contributed by atoms with E-state index in [2.05, 4.69) is 17.5 Å². The number of nitrogens with one attached hydrogen (secondary N) is 1. The molecule has 1 saturated heterocycles. The lowest BCUT2D eigenvalue weighted by Crippen LogP contribution is -2.47. The van der Waals surface area contributed by atoms with Gasteiger partial charge >= 0.3 is 0 Å². The van der Waals surface area contributed by atoms with Gasteiger partial charge in [-0.2, -0.15) is 12.6 Å². The Hall–Kier alpha value is -1.65. The van der Waals surface area contributed by atoms with Crippen LogP contribution >= 0.6 is 36.6 Å². The zero-order valence-corrected chi connectivity index (χ0v) is 18.2. The molecule has 2 aromatic rings. The van der Waals surface area contributed by atoms with E-state index >= 15 is 0 Å². The van der Waals surface area contributed by atoms with Crippen LogP contribution in [0.1, 0.15) is 12.5 Å². The van der Waals surface area contributed by atoms with Crippen LogP contribution in [-0.4, -0.2) is 34.2 Å². The summed E-state index contributed by atoms with van der Waals surface area (Å²) in [6.07, 6.45) is 1.95. The fraction of sp³-hybridized carbons (Fsp3) is 0.158. The average molecular weight is 451 g/mol. The molecule has 0 spiro atoms. The van der Waals surface area contributed by atoms with Crippen LogP contribution in [0.15, 0.2) is 71.1 Å². The lowest BCUT2D eigenvalue weighted by Gasteiger charge is -2.19. The van der Waals surface area contributed by atoms with E-state index in [9.17, 15) is 13.2 Å². The summed E-state index contributed by atoms with van der Waals surface area (Å²) in [4.78, 5) is 15.2. The number of carbonyl (C=O) groups is 1. The summed E-state index contributed by atoms with van der Waals surface area (Å²) >= 11 is 11.0. The number of thiol groups is 1. The lowest BCUT2D eigenvalue weighted by molar-refractivity contribution is -0.127. The Morgan fingerprint density at radius 3 is 2.36 bits per heavy atom. The number of rotatable bonds is 6. The molecule has 0 bridgehead atoms. The third kappa shape index (κ3) is 4.66. The highest BCUT2D eigenvalue weighted by Gasteiger charge is 2.43. The van der Waals surface area contributed by atoms with Crippen molar-refractivity contribution < 1.29 is 13.2 Å². The first-order valence-electron chi connectivity index (χ1n) is 8.33. The number of thiocarbonyl (C=S) groups is 1. The molecule has 1 fully saturated rings. The Labute approximate surface area is 179 Å². The van der Waals surface area contributed by atoms with Crippen LogP contribution in [0.3, 0.4) is 0 Å². The van der Waals surface area contributed by atoms with Crippen LogP contribution in [0.5, 0.6) is 0 Å². The van der Waals surface area contributed by atoms with E-state index in [0.29, 0.717) is 0 Å². The summed E-state index contributed by atoms with van der Waals surface area (Å²) in [6, 6.07) is 17.5. The zero-order chi connectivity index (χ0) is 20.3. The summed E-state index contributed by atoms with van der Waals surface area (Å²) in [6.45, 7) is 1.89. The summed E-state index contributed by atoms with van der Waals surface area (Å²) in [5, 5.41) is -0.109. The number of hydrogen-bond donors (Lipinski definition) is 2. The maximum atomic E-state index is 12.8. The van der Waals surface area contributed by atoms with E-state index in [-0.39, 0.29) is 9.22 Å². The topological polar surface area (TPSA) is 66.5 Å². The Bertz CT molecular complexity index is 1010. The third-order valence-corrected chi connectivity index (χ3v) is 7.89. The molecule has 28 heavy (non-hydrogen) atoms. The van der Waals surface area contributed by atoms with E-state index in [0.717, 1.165) is 27.9 Å². The predicted octanol–water partition coefficient (Wildman–Crippen LogP) is 3.51. The van der Waals surface area contributed by atoms with Gasteiger partial charge in [-0.05, 0) is 24.6 Å². The van der Waals surface area contributed by atoms with Crippen molar-refractivity contribution in [1.29, 1.82) is 0 Å². The lowest BCUT2D eigenvalue weighted by atomic mass is 10.1. The number of carbonyl (C=O) groups excluding carboxylic acids is 1. The summed E-state index contributed by atoms with van der Waals surface area (Å²) in [5.74, 6) is -0.435. The quantitative estimate of drug-likeness (QED) is 0.521. The number of sulfonamides is 1. The van der Waals surface area contributed by atoms with Gasteiger partial charge in [0.25, 0.3) is 15.9 Å². The molecule has 1 amide bonds. The predicted molar refractivity (Wildman–Crippen MR) is 120 cm³/mol. The van der Waals surface area contributed by atoms with Gasteiger partial charge in [0.2, 0.25) is 0 Å². The standard InChI is InChI=1S/C19H18N2O3S4/c1-13(12-14-8-4-2-5-9-14)16(25)17-18(22)21(19(26)27-17)20-28(23,24)15-10-6-3-7-11-15/h2-12,16-17,20,25H,1H3/b13-12+/t16-,17-/m1/s1. The second-order valence-electron chi connectivity index (χ2n) is 6.13. The molecule has 2 aromatic carbocycles. The molecule has 1 aliphatic rings. The second kappa shape index (κ2) is 8.79. The molecule has 5 nitrogen and oxygen atoms in total. The van der Waals surface area contributed by atoms with Crippen LogP contribution in [0, 0.1) is 0 Å². The SMILES string of the molecule is C/C(=C\c1ccccc1)[C@@H](S)[C@H]1SC(=S)N(NS(=O)(=O)c2ccccc2)C1=O. The van der Waals surface area contributed by atoms with Crippen molar-refractivity contribution in [2.45, 2.75) is 22.3 Å². The van der Waals surface area contributed by atoms with Gasteiger partial charge in [-0.25, -0.2) is 13.4 Å². The second-order valence-corrected chi connectivity index (χ2v) is 10.1. The number of hydrazine groups is 1. The first kappa shape index (κ1) is 21.1. The number of hydrogen-bond acceptors (Lipinski definition) is 6. The fourth-order valence-electron chi connectivity index (χ4n) is 2.62. The van der Waals surface area contributed by atoms with Crippen LogP contribution in [0.4, 0.5) is 0 Å². The van der Waals surface area contributed by atoms with Crippen molar-refractivity contribution >= 4 is 62.9 Å². The molecule has 3 rings (SSSR count). The minimum absolute atomic E-state index is 0.0571. The fourth-order valence-corrected chi connectivity index (χ4v) is 5.62. The number of benzene rings is 2. The highest BCUT2D eigenvalue weighted by Crippen LogP contribution is 2.34. The van der Waals surface area contributed by atoms with Crippen molar-refractivity contribution in [1.82, 2.24) is 9.84 Å². The Balaban J connectivity index is 1.77. The number of nitrogens with zero attached hydrogens (tertiary/aromatic N) is 1. The highest BCUT2D eigenvalue weighted by molar-refractivity contribution is 8.24. The first-order chi connectivity index (χ1) is 13.3. The molecule has 1 N–H and O–H groups in total. The molecule has 0 radical (unpaired) electrons. The molecule has 0 aliphatic carbocycles. The largest absolute Gasteiger partial charge is 0.272 e. The number of thioether (sulfide) groups is 1. The monoisotopic (exact) mass is 450 g/mol. The van der Waals surface area contributed by atoms with Crippen LogP contribution in [-0.2, 0) is 14.8 Å². The van der Waals surface area contributed by atoms with Gasteiger partial charge in [0.15, 0.2) is 4.32 Å². The van der Waals surface area contributed by atoms with Gasteiger partial charge in [-0.15, -0.1) is 4.83 Å². The van der Waals surface area contributed by atoms with Gasteiger partial charge in [0.05, 0.1) is 4.90 Å². The molecular formula is C19H18N2O3S4. The minimum atomic E-state index is -3.91. The van der Waals surface area contributed by atoms with Crippen molar-refractivity contribution in [2.24, 2.45) is 0 Å². The molecule has 0 unspecified atom stereocenters. The minimum Gasteiger partial charge on any atom is -0.272 e. The maximum absolute atomic E-state index is 12.8. The van der Waals surface area contributed by atoms with E-state index in [1.54, 1.807) is 18.2 Å². The number of amides is 1. The van der Waals surface area contributed by atoms with E-state index in [1.165, 1.54) is 12.1 Å². The van der Waals surface area contributed by atoms with Crippen molar-refractivity contribution in [3.05, 3.63) is 71.8 Å². The molecule has 9 heteroatoms. The normalized spacial score (nSPS) is 19.1.